The van der Waals surface area contributed by atoms with Crippen molar-refractivity contribution in [3.63, 3.8) is 0 Å². The third-order valence-electron chi connectivity index (χ3n) is 4.91. The van der Waals surface area contributed by atoms with E-state index in [0.29, 0.717) is 0 Å². The Morgan fingerprint density at radius 3 is 3.00 bits per heavy atom. The highest BCUT2D eigenvalue weighted by Gasteiger charge is 2.13. The number of rotatable bonds is 7. The molecule has 0 unspecified atom stereocenters. The van der Waals surface area contributed by atoms with Gasteiger partial charge in [0, 0.05) is 58.0 Å². The predicted molar refractivity (Wildman–Crippen MR) is 120 cm³/mol. The van der Waals surface area contributed by atoms with Crippen LogP contribution in [-0.2, 0) is 5.75 Å². The van der Waals surface area contributed by atoms with E-state index < -0.39 is 0 Å². The van der Waals surface area contributed by atoms with E-state index in [-0.39, 0.29) is 0 Å². The number of aromatic nitrogens is 1. The normalized spacial score (nSPS) is 15.5. The van der Waals surface area contributed by atoms with Gasteiger partial charge in [0.05, 0.1) is 0 Å². The molecule has 26 heavy (non-hydrogen) atoms. The highest BCUT2D eigenvalue weighted by Crippen LogP contribution is 2.28. The van der Waals surface area contributed by atoms with Crippen molar-refractivity contribution < 1.29 is 0 Å². The maximum absolute atomic E-state index is 3.43. The summed E-state index contributed by atoms with van der Waals surface area (Å²) < 4.78 is 0. The summed E-state index contributed by atoms with van der Waals surface area (Å²) in [6.07, 6.45) is 7.91. The first-order valence-corrected chi connectivity index (χ1v) is 12.3. The summed E-state index contributed by atoms with van der Waals surface area (Å²) in [5, 5.41) is 3.54. The molecular formula is C21H24N2S3. The lowest BCUT2D eigenvalue weighted by Gasteiger charge is -2.25. The van der Waals surface area contributed by atoms with E-state index in [4.69, 9.17) is 0 Å². The number of benzene rings is 1. The summed E-state index contributed by atoms with van der Waals surface area (Å²) in [6.45, 7) is 3.46. The van der Waals surface area contributed by atoms with Crippen molar-refractivity contribution in [1.82, 2.24) is 9.88 Å². The molecule has 0 fully saturated rings. The molecule has 0 radical (unpaired) electrons. The van der Waals surface area contributed by atoms with E-state index in [1.807, 2.05) is 23.1 Å². The van der Waals surface area contributed by atoms with Crippen molar-refractivity contribution in [2.45, 2.75) is 17.1 Å². The van der Waals surface area contributed by atoms with E-state index >= 15 is 0 Å². The van der Waals surface area contributed by atoms with Crippen molar-refractivity contribution >= 4 is 51.3 Å². The summed E-state index contributed by atoms with van der Waals surface area (Å²) in [4.78, 5) is 8.77. The Labute approximate surface area is 168 Å². The van der Waals surface area contributed by atoms with Gasteiger partial charge < -0.3 is 4.98 Å². The fourth-order valence-corrected chi connectivity index (χ4v) is 5.61. The van der Waals surface area contributed by atoms with Crippen LogP contribution in [0.4, 0.5) is 0 Å². The Kier molecular flexibility index (Phi) is 6.10. The van der Waals surface area contributed by atoms with Crippen LogP contribution in [0.2, 0.25) is 0 Å². The summed E-state index contributed by atoms with van der Waals surface area (Å²) >= 11 is 5.70. The largest absolute Gasteiger partial charge is 0.361 e. The van der Waals surface area contributed by atoms with Gasteiger partial charge in [-0.1, -0.05) is 18.2 Å². The minimum Gasteiger partial charge on any atom is -0.361 e. The second kappa shape index (κ2) is 8.70. The Morgan fingerprint density at radius 2 is 2.23 bits per heavy atom. The highest BCUT2D eigenvalue weighted by molar-refractivity contribution is 7.98. The first kappa shape index (κ1) is 18.2. The zero-order valence-electron chi connectivity index (χ0n) is 15.0. The summed E-state index contributed by atoms with van der Waals surface area (Å²) in [5.74, 6) is 2.28. The number of thiophene rings is 1. The summed E-state index contributed by atoms with van der Waals surface area (Å²) in [7, 11) is 0. The molecule has 136 valence electrons. The van der Waals surface area contributed by atoms with Gasteiger partial charge in [-0.2, -0.15) is 11.8 Å². The Balaban J connectivity index is 1.25. The molecule has 0 saturated carbocycles. The quantitative estimate of drug-likeness (QED) is 0.389. The van der Waals surface area contributed by atoms with Gasteiger partial charge in [-0.3, -0.25) is 4.90 Å². The Bertz CT molecular complexity index is 880. The summed E-state index contributed by atoms with van der Waals surface area (Å²) in [5.41, 5.74) is 4.22. The number of H-pyrrole nitrogens is 1. The van der Waals surface area contributed by atoms with Crippen LogP contribution in [0.1, 0.15) is 16.9 Å². The van der Waals surface area contributed by atoms with Crippen molar-refractivity contribution in [1.29, 1.82) is 0 Å². The molecule has 1 aromatic carbocycles. The topological polar surface area (TPSA) is 19.0 Å². The average molecular weight is 401 g/mol. The Hall–Kier alpha value is -1.14. The van der Waals surface area contributed by atoms with Crippen LogP contribution in [0.15, 0.2) is 52.9 Å². The van der Waals surface area contributed by atoms with Crippen LogP contribution in [0, 0.1) is 0 Å². The zero-order chi connectivity index (χ0) is 17.8. The monoisotopic (exact) mass is 400 g/mol. The second-order valence-electron chi connectivity index (χ2n) is 6.54. The lowest BCUT2D eigenvalue weighted by atomic mass is 10.1. The lowest BCUT2D eigenvalue weighted by Crippen LogP contribution is -2.30. The molecule has 2 aromatic heterocycles. The van der Waals surface area contributed by atoms with Gasteiger partial charge in [0.2, 0.25) is 0 Å². The highest BCUT2D eigenvalue weighted by atomic mass is 32.2. The second-order valence-corrected chi connectivity index (χ2v) is 9.47. The number of thioether (sulfide) groups is 2. The minimum absolute atomic E-state index is 1.09. The first-order chi connectivity index (χ1) is 12.8. The van der Waals surface area contributed by atoms with Crippen molar-refractivity contribution in [2.75, 3.05) is 31.6 Å². The van der Waals surface area contributed by atoms with Crippen LogP contribution in [0.25, 0.3) is 16.5 Å². The molecule has 5 heteroatoms. The standard InChI is InChI=1S/C21H24N2S3/c1-24-18-4-5-19-17(14-22-20(19)13-18)15-25-12-10-23-8-6-16(7-9-23)21-3-2-11-26-21/h2-6,11,13-14,22H,7-10,12,15H2,1H3. The molecule has 1 aliphatic rings. The zero-order valence-corrected chi connectivity index (χ0v) is 17.5. The maximum atomic E-state index is 3.43. The lowest BCUT2D eigenvalue weighted by molar-refractivity contribution is 0.321. The van der Waals surface area contributed by atoms with Gasteiger partial charge in [-0.05, 0) is 47.4 Å². The van der Waals surface area contributed by atoms with E-state index in [1.54, 1.807) is 11.8 Å². The van der Waals surface area contributed by atoms with Crippen LogP contribution >= 0.6 is 34.9 Å². The molecule has 0 aliphatic carbocycles. The third kappa shape index (κ3) is 4.22. The minimum atomic E-state index is 1.09. The molecule has 1 aliphatic heterocycles. The van der Waals surface area contributed by atoms with Crippen molar-refractivity contribution in [3.05, 3.63) is 58.4 Å². The van der Waals surface area contributed by atoms with Gasteiger partial charge >= 0.3 is 0 Å². The van der Waals surface area contributed by atoms with E-state index in [2.05, 4.69) is 64.1 Å². The van der Waals surface area contributed by atoms with Crippen LogP contribution < -0.4 is 0 Å². The van der Waals surface area contributed by atoms with Gasteiger partial charge in [0.1, 0.15) is 0 Å². The van der Waals surface area contributed by atoms with E-state index in [0.717, 1.165) is 12.3 Å². The smallest absolute Gasteiger partial charge is 0.0468 e. The molecular weight excluding hydrogens is 376 g/mol. The number of nitrogens with zero attached hydrogens (tertiary/aromatic N) is 1. The molecule has 2 nitrogen and oxygen atoms in total. The SMILES string of the molecule is CSc1ccc2c(CSCCN3CC=C(c4cccs4)CC3)c[nH]c2c1. The van der Waals surface area contributed by atoms with Gasteiger partial charge in [-0.15, -0.1) is 23.1 Å². The van der Waals surface area contributed by atoms with Gasteiger partial charge in [0.25, 0.3) is 0 Å². The fourth-order valence-electron chi connectivity index (χ4n) is 3.39. The van der Waals surface area contributed by atoms with Crippen LogP contribution in [0.5, 0.6) is 0 Å². The number of fused-ring (bicyclic) bond motifs is 1. The average Bonchev–Trinajstić information content (AvgIpc) is 3.35. The molecule has 3 aromatic rings. The Morgan fingerprint density at radius 1 is 1.27 bits per heavy atom. The molecule has 0 amide bonds. The number of hydrogen-bond donors (Lipinski definition) is 1. The molecule has 0 spiro atoms. The van der Waals surface area contributed by atoms with Crippen molar-refractivity contribution in [3.8, 4) is 0 Å². The van der Waals surface area contributed by atoms with Gasteiger partial charge in [0.15, 0.2) is 0 Å². The molecule has 0 atom stereocenters. The van der Waals surface area contributed by atoms with Crippen molar-refractivity contribution in [2.24, 2.45) is 0 Å². The number of nitrogens with one attached hydrogen (secondary N) is 1. The van der Waals surface area contributed by atoms with Gasteiger partial charge in [-0.25, -0.2) is 0 Å². The molecule has 4 rings (SSSR count). The number of aromatic amines is 1. The number of hydrogen-bond acceptors (Lipinski definition) is 4. The van der Waals surface area contributed by atoms with E-state index in [9.17, 15) is 0 Å². The predicted octanol–water partition coefficient (Wildman–Crippen LogP) is 5.97. The fraction of sp³-hybridized carbons (Fsp3) is 0.333. The molecule has 3 heterocycles. The summed E-state index contributed by atoms with van der Waals surface area (Å²) in [6, 6.07) is 11.1. The molecule has 0 saturated heterocycles. The van der Waals surface area contributed by atoms with Crippen LogP contribution in [0.3, 0.4) is 0 Å². The molecule has 1 N–H and O–H groups in total. The first-order valence-electron chi connectivity index (χ1n) is 9.00. The third-order valence-corrected chi connectivity index (χ3v) is 7.57. The van der Waals surface area contributed by atoms with E-state index in [1.165, 1.54) is 57.1 Å². The maximum Gasteiger partial charge on any atom is 0.0468 e. The van der Waals surface area contributed by atoms with Crippen LogP contribution in [-0.4, -0.2) is 41.5 Å². The molecule has 0 bridgehead atoms.